The van der Waals surface area contributed by atoms with Crippen LogP contribution in [-0.2, 0) is 9.59 Å². The topological polar surface area (TPSA) is 37.4 Å². The minimum absolute atomic E-state index is 0.165. The average Bonchev–Trinajstić information content (AvgIpc) is 2.38. The molecule has 0 aliphatic rings. The lowest BCUT2D eigenvalue weighted by Gasteiger charge is -2.16. The Morgan fingerprint density at radius 1 is 1.24 bits per heavy atom. The van der Waals surface area contributed by atoms with Crippen molar-refractivity contribution in [1.29, 1.82) is 0 Å². The molecule has 0 bridgehead atoms. The van der Waals surface area contributed by atoms with Crippen molar-refractivity contribution in [3.63, 3.8) is 0 Å². The van der Waals surface area contributed by atoms with E-state index in [1.165, 1.54) is 6.92 Å². The average molecular weight is 328 g/mol. The number of rotatable bonds is 6. The molecule has 0 spiro atoms. The minimum Gasteiger partial charge on any atom is -0.309 e. The van der Waals surface area contributed by atoms with Crippen molar-refractivity contribution in [3.8, 4) is 0 Å². The van der Waals surface area contributed by atoms with Gasteiger partial charge in [0.2, 0.25) is 0 Å². The number of ketones is 2. The summed E-state index contributed by atoms with van der Waals surface area (Å²) in [5.74, 6) is -0.670. The van der Waals surface area contributed by atoms with Crippen molar-refractivity contribution >= 4 is 40.8 Å². The van der Waals surface area contributed by atoms with Crippen LogP contribution in [0.4, 0.5) is 0 Å². The highest BCUT2D eigenvalue weighted by Gasteiger charge is 2.21. The number of allylic oxidation sites excluding steroid dienone is 1. The van der Waals surface area contributed by atoms with Gasteiger partial charge in [-0.3, -0.25) is 9.59 Å². The van der Waals surface area contributed by atoms with Crippen molar-refractivity contribution in [2.45, 2.75) is 13.8 Å². The maximum absolute atomic E-state index is 12.4. The fourth-order valence-electron chi connectivity index (χ4n) is 2.01. The molecule has 0 amide bonds. The number of benzene rings is 1. The number of hydrogen-bond donors (Lipinski definition) is 0. The summed E-state index contributed by atoms with van der Waals surface area (Å²) >= 11 is 11.8. The molecule has 5 heteroatoms. The van der Waals surface area contributed by atoms with Gasteiger partial charge in [-0.05, 0) is 44.8 Å². The normalized spacial score (nSPS) is 13.4. The molecule has 1 atom stereocenters. The fraction of sp³-hybridized carbons (Fsp3) is 0.375. The second-order valence-corrected chi connectivity index (χ2v) is 6.13. The molecule has 1 rings (SSSR count). The Balaban J connectivity index is 3.11. The van der Waals surface area contributed by atoms with Crippen LogP contribution in [0.1, 0.15) is 19.4 Å². The summed E-state index contributed by atoms with van der Waals surface area (Å²) in [6.45, 7) is 3.79. The van der Waals surface area contributed by atoms with Crippen LogP contribution < -0.4 is 0 Å². The summed E-state index contributed by atoms with van der Waals surface area (Å²) in [7, 11) is 3.78. The van der Waals surface area contributed by atoms with Crippen LogP contribution >= 0.6 is 23.2 Å². The molecule has 21 heavy (non-hydrogen) atoms. The number of hydrogen-bond acceptors (Lipinski definition) is 3. The van der Waals surface area contributed by atoms with Crippen LogP contribution in [0.25, 0.3) is 6.08 Å². The van der Waals surface area contributed by atoms with Gasteiger partial charge >= 0.3 is 0 Å². The van der Waals surface area contributed by atoms with E-state index < -0.39 is 0 Å². The second kappa shape index (κ2) is 7.74. The van der Waals surface area contributed by atoms with Crippen LogP contribution in [0.5, 0.6) is 0 Å². The molecule has 1 aromatic carbocycles. The van der Waals surface area contributed by atoms with E-state index in [1.807, 2.05) is 25.9 Å². The predicted molar refractivity (Wildman–Crippen MR) is 87.8 cm³/mol. The molecule has 114 valence electrons. The number of carbonyl (C=O) groups is 2. The summed E-state index contributed by atoms with van der Waals surface area (Å²) in [6, 6.07) is 5.00. The van der Waals surface area contributed by atoms with Gasteiger partial charge in [-0.1, -0.05) is 36.2 Å². The zero-order valence-electron chi connectivity index (χ0n) is 12.6. The molecule has 0 saturated heterocycles. The van der Waals surface area contributed by atoms with Gasteiger partial charge in [0.25, 0.3) is 0 Å². The first-order chi connectivity index (χ1) is 9.72. The van der Waals surface area contributed by atoms with E-state index in [0.717, 1.165) is 0 Å². The summed E-state index contributed by atoms with van der Waals surface area (Å²) in [6.07, 6.45) is 1.57. The molecule has 0 aliphatic carbocycles. The first-order valence-corrected chi connectivity index (χ1v) is 7.34. The van der Waals surface area contributed by atoms with Crippen LogP contribution in [0, 0.1) is 5.92 Å². The van der Waals surface area contributed by atoms with Crippen LogP contribution in [0.3, 0.4) is 0 Å². The molecule has 0 saturated carbocycles. The summed E-state index contributed by atoms with van der Waals surface area (Å²) in [4.78, 5) is 26.1. The highest BCUT2D eigenvalue weighted by molar-refractivity contribution is 6.42. The Hall–Kier alpha value is -1.16. The van der Waals surface area contributed by atoms with Crippen molar-refractivity contribution in [3.05, 3.63) is 39.4 Å². The molecule has 0 heterocycles. The van der Waals surface area contributed by atoms with E-state index in [4.69, 9.17) is 23.2 Å². The van der Waals surface area contributed by atoms with Crippen molar-refractivity contribution in [1.82, 2.24) is 4.90 Å². The van der Waals surface area contributed by atoms with Gasteiger partial charge in [-0.15, -0.1) is 0 Å². The number of Topliss-reactive ketones (excluding diaryl/α,β-unsaturated/α-hetero) is 2. The molecule has 0 fully saturated rings. The first-order valence-electron chi connectivity index (χ1n) is 6.59. The predicted octanol–water partition coefficient (Wildman–Crippen LogP) is 3.73. The lowest BCUT2D eigenvalue weighted by molar-refractivity contribution is -0.122. The van der Waals surface area contributed by atoms with Gasteiger partial charge < -0.3 is 4.90 Å². The number of nitrogens with zero attached hydrogens (tertiary/aromatic N) is 1. The molecular weight excluding hydrogens is 309 g/mol. The van der Waals surface area contributed by atoms with E-state index in [2.05, 4.69) is 0 Å². The van der Waals surface area contributed by atoms with E-state index in [1.54, 1.807) is 24.3 Å². The Bertz CT molecular complexity index is 580. The van der Waals surface area contributed by atoms with Crippen molar-refractivity contribution < 1.29 is 9.59 Å². The number of carbonyl (C=O) groups excluding carboxylic acids is 2. The quantitative estimate of drug-likeness (QED) is 0.454. The highest BCUT2D eigenvalue weighted by atomic mass is 35.5. The molecule has 0 aliphatic heterocycles. The van der Waals surface area contributed by atoms with Crippen LogP contribution in [0.15, 0.2) is 23.8 Å². The molecule has 1 unspecified atom stereocenters. The van der Waals surface area contributed by atoms with E-state index in [9.17, 15) is 9.59 Å². The highest BCUT2D eigenvalue weighted by Crippen LogP contribution is 2.24. The first kappa shape index (κ1) is 17.9. The lowest BCUT2D eigenvalue weighted by atomic mass is 9.94. The third-order valence-corrected chi connectivity index (χ3v) is 3.73. The van der Waals surface area contributed by atoms with Gasteiger partial charge in [0.15, 0.2) is 11.6 Å². The third-order valence-electron chi connectivity index (χ3n) is 2.99. The van der Waals surface area contributed by atoms with Crippen LogP contribution in [-0.4, -0.2) is 37.1 Å². The molecule has 0 aromatic heterocycles. The summed E-state index contributed by atoms with van der Waals surface area (Å²) in [5.41, 5.74) is 0.864. The van der Waals surface area contributed by atoms with Gasteiger partial charge in [0.1, 0.15) is 0 Å². The van der Waals surface area contributed by atoms with E-state index in [0.29, 0.717) is 22.2 Å². The van der Waals surface area contributed by atoms with Gasteiger partial charge in [0.05, 0.1) is 15.6 Å². The van der Waals surface area contributed by atoms with Crippen LogP contribution in [0.2, 0.25) is 10.0 Å². The van der Waals surface area contributed by atoms with E-state index in [-0.39, 0.29) is 23.1 Å². The van der Waals surface area contributed by atoms with Gasteiger partial charge in [-0.2, -0.15) is 0 Å². The van der Waals surface area contributed by atoms with Gasteiger partial charge in [-0.25, -0.2) is 0 Å². The van der Waals surface area contributed by atoms with E-state index >= 15 is 0 Å². The maximum Gasteiger partial charge on any atom is 0.170 e. The fourth-order valence-corrected chi connectivity index (χ4v) is 2.32. The second-order valence-electron chi connectivity index (χ2n) is 5.32. The number of halogens is 2. The molecular formula is C16H19Cl2NO2. The minimum atomic E-state index is -0.253. The zero-order chi connectivity index (χ0) is 16.2. The van der Waals surface area contributed by atoms with Crippen molar-refractivity contribution in [2.24, 2.45) is 5.92 Å². The zero-order valence-corrected chi connectivity index (χ0v) is 14.1. The van der Waals surface area contributed by atoms with Gasteiger partial charge in [0, 0.05) is 12.5 Å². The molecule has 0 radical (unpaired) electrons. The SMILES string of the molecule is CC(=O)/C(=C\c1ccc(Cl)c(Cl)c1)C(=O)C(C)CN(C)C. The molecule has 0 N–H and O–H groups in total. The Morgan fingerprint density at radius 3 is 2.33 bits per heavy atom. The summed E-state index contributed by atoms with van der Waals surface area (Å²) < 4.78 is 0. The Morgan fingerprint density at radius 2 is 1.86 bits per heavy atom. The smallest absolute Gasteiger partial charge is 0.170 e. The maximum atomic E-state index is 12.4. The lowest BCUT2D eigenvalue weighted by Crippen LogP contribution is -2.28. The largest absolute Gasteiger partial charge is 0.309 e. The summed E-state index contributed by atoms with van der Waals surface area (Å²) in [5, 5.41) is 0.826. The van der Waals surface area contributed by atoms with Crippen molar-refractivity contribution in [2.75, 3.05) is 20.6 Å². The standard InChI is InChI=1S/C16H19Cl2NO2/c1-10(9-19(3)4)16(21)13(11(2)20)7-12-5-6-14(17)15(18)8-12/h5-8,10H,9H2,1-4H3/b13-7+. The molecule has 1 aromatic rings. The molecule has 3 nitrogen and oxygen atoms in total. The third kappa shape index (κ3) is 5.27. The monoisotopic (exact) mass is 327 g/mol. The Kier molecular flexibility index (Phi) is 6.59. The Labute approximate surface area is 135 Å².